The van der Waals surface area contributed by atoms with Crippen molar-refractivity contribution in [3.63, 3.8) is 0 Å². The Kier molecular flexibility index (Phi) is 5.87. The van der Waals surface area contributed by atoms with Crippen molar-refractivity contribution in [3.8, 4) is 11.4 Å². The first kappa shape index (κ1) is 18.7. The van der Waals surface area contributed by atoms with Crippen LogP contribution in [0.25, 0.3) is 11.4 Å². The highest BCUT2D eigenvalue weighted by molar-refractivity contribution is 7.99. The van der Waals surface area contributed by atoms with Crippen molar-refractivity contribution < 1.29 is 14.7 Å². The maximum Gasteiger partial charge on any atom is 0.307 e. The van der Waals surface area contributed by atoms with Crippen molar-refractivity contribution in [2.75, 3.05) is 11.1 Å². The molecule has 8 heteroatoms. The number of aliphatic carboxylic acids is 1. The third kappa shape index (κ3) is 5.18. The fourth-order valence-corrected chi connectivity index (χ4v) is 3.08. The fourth-order valence-electron chi connectivity index (χ4n) is 2.48. The Morgan fingerprint density at radius 2 is 1.89 bits per heavy atom. The van der Waals surface area contributed by atoms with Gasteiger partial charge in [-0.2, -0.15) is 0 Å². The number of hydrogen-bond donors (Lipinski definition) is 3. The van der Waals surface area contributed by atoms with Gasteiger partial charge in [-0.15, -0.1) is 5.10 Å². The number of benzene rings is 2. The number of thioether (sulfide) groups is 1. The topological polar surface area (TPSA) is 108 Å². The number of nitrogens with one attached hydrogen (secondary N) is 2. The van der Waals surface area contributed by atoms with Crippen LogP contribution >= 0.6 is 11.8 Å². The number of carboxylic acids is 1. The monoisotopic (exact) mass is 382 g/mol. The Morgan fingerprint density at radius 1 is 1.15 bits per heavy atom. The number of hydrogen-bond acceptors (Lipinski definition) is 5. The lowest BCUT2D eigenvalue weighted by Crippen LogP contribution is -2.14. The van der Waals surface area contributed by atoms with Crippen molar-refractivity contribution in [3.05, 3.63) is 59.7 Å². The minimum atomic E-state index is -0.889. The van der Waals surface area contributed by atoms with Crippen molar-refractivity contribution in [1.29, 1.82) is 0 Å². The number of aromatic amines is 1. The molecule has 0 aliphatic rings. The second kappa shape index (κ2) is 8.50. The molecule has 0 fully saturated rings. The number of rotatable bonds is 7. The Balaban J connectivity index is 1.54. The molecule has 3 N–H and O–H groups in total. The SMILES string of the molecule is Cc1ccccc1-c1nc(SCC(=O)Nc2ccc(CC(=O)O)cc2)n[nH]1. The van der Waals surface area contributed by atoms with E-state index < -0.39 is 5.97 Å². The molecule has 138 valence electrons. The largest absolute Gasteiger partial charge is 0.481 e. The van der Waals surface area contributed by atoms with Crippen LogP contribution in [0.2, 0.25) is 0 Å². The molecule has 1 aromatic heterocycles. The average molecular weight is 382 g/mol. The van der Waals surface area contributed by atoms with Gasteiger partial charge in [0, 0.05) is 11.3 Å². The van der Waals surface area contributed by atoms with Gasteiger partial charge in [-0.3, -0.25) is 14.7 Å². The van der Waals surface area contributed by atoms with Gasteiger partial charge in [0.05, 0.1) is 12.2 Å². The number of amides is 1. The van der Waals surface area contributed by atoms with E-state index in [1.807, 2.05) is 31.2 Å². The number of carboxylic acid groups (broad SMARTS) is 1. The van der Waals surface area contributed by atoms with Crippen molar-refractivity contribution in [1.82, 2.24) is 15.2 Å². The normalized spacial score (nSPS) is 10.6. The summed E-state index contributed by atoms with van der Waals surface area (Å²) in [5, 5.41) is 19.1. The van der Waals surface area contributed by atoms with Crippen LogP contribution < -0.4 is 5.32 Å². The molecular weight excluding hydrogens is 364 g/mol. The number of carbonyl (C=O) groups excluding carboxylic acids is 1. The van der Waals surface area contributed by atoms with Gasteiger partial charge >= 0.3 is 5.97 Å². The Bertz CT molecular complexity index is 954. The van der Waals surface area contributed by atoms with E-state index in [1.54, 1.807) is 24.3 Å². The quantitative estimate of drug-likeness (QED) is 0.542. The highest BCUT2D eigenvalue weighted by atomic mass is 32.2. The summed E-state index contributed by atoms with van der Waals surface area (Å²) in [6, 6.07) is 14.6. The maximum atomic E-state index is 12.1. The molecule has 0 aliphatic heterocycles. The molecule has 0 radical (unpaired) electrons. The zero-order valence-electron chi connectivity index (χ0n) is 14.6. The summed E-state index contributed by atoms with van der Waals surface area (Å²) in [6.45, 7) is 2.00. The van der Waals surface area contributed by atoms with Crippen LogP contribution in [-0.2, 0) is 16.0 Å². The molecule has 7 nitrogen and oxygen atoms in total. The molecule has 0 atom stereocenters. The van der Waals surface area contributed by atoms with Gasteiger partial charge < -0.3 is 10.4 Å². The van der Waals surface area contributed by atoms with Crippen molar-refractivity contribution in [2.24, 2.45) is 0 Å². The van der Waals surface area contributed by atoms with Crippen LogP contribution in [0.3, 0.4) is 0 Å². The van der Waals surface area contributed by atoms with E-state index in [9.17, 15) is 9.59 Å². The van der Waals surface area contributed by atoms with Crippen LogP contribution in [0.15, 0.2) is 53.7 Å². The Hall–Kier alpha value is -3.13. The number of H-pyrrole nitrogens is 1. The van der Waals surface area contributed by atoms with Gasteiger partial charge in [-0.05, 0) is 30.2 Å². The first-order valence-electron chi connectivity index (χ1n) is 8.23. The summed E-state index contributed by atoms with van der Waals surface area (Å²) in [5.74, 6) is -0.236. The molecular formula is C19H18N4O3S. The van der Waals surface area contributed by atoms with Gasteiger partial charge in [0.1, 0.15) is 0 Å². The lowest BCUT2D eigenvalue weighted by molar-refractivity contribution is -0.136. The molecule has 27 heavy (non-hydrogen) atoms. The highest BCUT2D eigenvalue weighted by Gasteiger charge is 2.10. The van der Waals surface area contributed by atoms with Gasteiger partial charge in [0.15, 0.2) is 5.82 Å². The molecule has 0 unspecified atom stereocenters. The third-order valence-electron chi connectivity index (χ3n) is 3.79. The summed E-state index contributed by atoms with van der Waals surface area (Å²) < 4.78 is 0. The van der Waals surface area contributed by atoms with Crippen LogP contribution in [0.5, 0.6) is 0 Å². The van der Waals surface area contributed by atoms with Crippen molar-refractivity contribution >= 4 is 29.3 Å². The molecule has 0 spiro atoms. The lowest BCUT2D eigenvalue weighted by Gasteiger charge is -2.05. The standard InChI is InChI=1S/C19H18N4O3S/c1-12-4-2-3-5-15(12)18-21-19(23-22-18)27-11-16(24)20-14-8-6-13(7-9-14)10-17(25)26/h2-9H,10-11H2,1H3,(H,20,24)(H,25,26)(H,21,22,23). The van der Waals surface area contributed by atoms with E-state index >= 15 is 0 Å². The van der Waals surface area contributed by atoms with E-state index in [4.69, 9.17) is 5.11 Å². The predicted octanol–water partition coefficient (Wildman–Crippen LogP) is 3.14. The zero-order valence-corrected chi connectivity index (χ0v) is 15.4. The van der Waals surface area contributed by atoms with Crippen LogP contribution in [0, 0.1) is 6.92 Å². The molecule has 0 bridgehead atoms. The number of nitrogens with zero attached hydrogens (tertiary/aromatic N) is 2. The first-order chi connectivity index (χ1) is 13.0. The Morgan fingerprint density at radius 3 is 2.59 bits per heavy atom. The van der Waals surface area contributed by atoms with Gasteiger partial charge in [-0.25, -0.2) is 4.98 Å². The molecule has 0 aliphatic carbocycles. The average Bonchev–Trinajstić information content (AvgIpc) is 3.10. The summed E-state index contributed by atoms with van der Waals surface area (Å²) in [7, 11) is 0. The van der Waals surface area contributed by atoms with E-state index in [0.717, 1.165) is 11.1 Å². The lowest BCUT2D eigenvalue weighted by atomic mass is 10.1. The highest BCUT2D eigenvalue weighted by Crippen LogP contribution is 2.22. The van der Waals surface area contributed by atoms with Crippen molar-refractivity contribution in [2.45, 2.75) is 18.5 Å². The third-order valence-corrected chi connectivity index (χ3v) is 4.64. The minimum Gasteiger partial charge on any atom is -0.481 e. The zero-order chi connectivity index (χ0) is 19.2. The summed E-state index contributed by atoms with van der Waals surface area (Å²) >= 11 is 1.24. The van der Waals surface area contributed by atoms with E-state index in [-0.39, 0.29) is 18.1 Å². The second-order valence-electron chi connectivity index (χ2n) is 5.89. The number of aryl methyl sites for hydroxylation is 1. The molecule has 1 amide bonds. The smallest absolute Gasteiger partial charge is 0.307 e. The van der Waals surface area contributed by atoms with E-state index in [1.165, 1.54) is 11.8 Å². The number of carbonyl (C=O) groups is 2. The molecule has 1 heterocycles. The number of anilines is 1. The molecule has 0 saturated heterocycles. The Labute approximate surface area is 160 Å². The van der Waals surface area contributed by atoms with E-state index in [0.29, 0.717) is 22.2 Å². The minimum absolute atomic E-state index is 0.0435. The van der Waals surface area contributed by atoms with Crippen LogP contribution in [0.4, 0.5) is 5.69 Å². The fraction of sp³-hybridized carbons (Fsp3) is 0.158. The molecule has 3 rings (SSSR count). The summed E-state index contributed by atoms with van der Waals surface area (Å²) in [4.78, 5) is 27.2. The molecule has 0 saturated carbocycles. The van der Waals surface area contributed by atoms with Crippen LogP contribution in [-0.4, -0.2) is 37.9 Å². The van der Waals surface area contributed by atoms with E-state index in [2.05, 4.69) is 20.5 Å². The second-order valence-corrected chi connectivity index (χ2v) is 6.83. The van der Waals surface area contributed by atoms with Crippen LogP contribution in [0.1, 0.15) is 11.1 Å². The number of aromatic nitrogens is 3. The molecule has 2 aromatic carbocycles. The predicted molar refractivity (Wildman–Crippen MR) is 104 cm³/mol. The maximum absolute atomic E-state index is 12.1. The summed E-state index contributed by atoms with van der Waals surface area (Å²) in [5.41, 5.74) is 3.36. The van der Waals surface area contributed by atoms with Gasteiger partial charge in [0.25, 0.3) is 0 Å². The molecule has 3 aromatic rings. The summed E-state index contributed by atoms with van der Waals surface area (Å²) in [6.07, 6.45) is -0.0435. The first-order valence-corrected chi connectivity index (χ1v) is 9.21. The van der Waals surface area contributed by atoms with Gasteiger partial charge in [-0.1, -0.05) is 48.2 Å². The van der Waals surface area contributed by atoms with Gasteiger partial charge in [0.2, 0.25) is 11.1 Å².